The van der Waals surface area contributed by atoms with E-state index < -0.39 is 10.4 Å². The average Bonchev–Trinajstić information content (AvgIpc) is 2.24. The molecule has 0 aromatic heterocycles. The Bertz CT molecular complexity index is 255. The fourth-order valence-corrected chi connectivity index (χ4v) is 2.07. The molecule has 0 spiro atoms. The maximum atomic E-state index is 10.1. The maximum absolute atomic E-state index is 10.1. The van der Waals surface area contributed by atoms with E-state index in [1.54, 1.807) is 0 Å². The third-order valence-electron chi connectivity index (χ3n) is 2.73. The molecule has 18 heavy (non-hydrogen) atoms. The average molecular weight is 321 g/mol. The molecular weight excluding hydrogens is 296 g/mol. The maximum Gasteiger partial charge on any atom is 2.00 e. The summed E-state index contributed by atoms with van der Waals surface area (Å²) in [5.74, 6) is 0. The third-order valence-corrected chi connectivity index (χ3v) is 3.18. The van der Waals surface area contributed by atoms with Gasteiger partial charge in [-0.3, -0.25) is 4.18 Å². The van der Waals surface area contributed by atoms with E-state index in [2.05, 4.69) is 11.1 Å². The zero-order valence-electron chi connectivity index (χ0n) is 11.2. The van der Waals surface area contributed by atoms with Gasteiger partial charge in [-0.2, -0.15) is 0 Å². The molecule has 0 radical (unpaired) electrons. The topological polar surface area (TPSA) is 66.4 Å². The Balaban J connectivity index is 0. The molecule has 110 valence electrons. The second-order valence-corrected chi connectivity index (χ2v) is 5.46. The molecule has 0 aromatic carbocycles. The van der Waals surface area contributed by atoms with Crippen LogP contribution in [0.5, 0.6) is 0 Å². The van der Waals surface area contributed by atoms with Crippen molar-refractivity contribution in [3.05, 3.63) is 0 Å². The summed E-state index contributed by atoms with van der Waals surface area (Å²) in [7, 11) is -4.48. The molecule has 0 fully saturated rings. The number of unbranched alkanes of at least 4 members (excludes halogenated alkanes) is 9. The van der Waals surface area contributed by atoms with Crippen LogP contribution in [0, 0.1) is 0 Å². The Morgan fingerprint density at radius 3 is 1.61 bits per heavy atom. The van der Waals surface area contributed by atoms with Crippen molar-refractivity contribution in [3.8, 4) is 0 Å². The first-order valence-electron chi connectivity index (χ1n) is 6.66. The standard InChI is InChI=1S/C12H26O4S.Fe/c1-2-3-4-5-6-7-8-9-10-11-12-16-17(13,14)15;/h2-12H2,1H3,(H,13,14,15);/q;+2/p-1. The van der Waals surface area contributed by atoms with Gasteiger partial charge in [-0.25, -0.2) is 8.42 Å². The van der Waals surface area contributed by atoms with E-state index in [1.165, 1.54) is 44.9 Å². The van der Waals surface area contributed by atoms with Crippen LogP contribution in [0.3, 0.4) is 0 Å². The molecule has 0 N–H and O–H groups in total. The van der Waals surface area contributed by atoms with Crippen molar-refractivity contribution in [1.82, 2.24) is 0 Å². The first-order valence-corrected chi connectivity index (χ1v) is 8.00. The van der Waals surface area contributed by atoms with E-state index in [-0.39, 0.29) is 23.7 Å². The van der Waals surface area contributed by atoms with Gasteiger partial charge in [-0.1, -0.05) is 64.7 Å². The molecule has 0 aliphatic heterocycles. The van der Waals surface area contributed by atoms with Gasteiger partial charge in [0, 0.05) is 0 Å². The Kier molecular flexibility index (Phi) is 15.9. The van der Waals surface area contributed by atoms with E-state index in [4.69, 9.17) is 0 Å². The van der Waals surface area contributed by atoms with Gasteiger partial charge >= 0.3 is 17.1 Å². The second kappa shape index (κ2) is 13.8. The van der Waals surface area contributed by atoms with Crippen molar-refractivity contribution in [2.75, 3.05) is 6.61 Å². The molecule has 0 saturated heterocycles. The summed E-state index contributed by atoms with van der Waals surface area (Å²) in [5, 5.41) is 0. The monoisotopic (exact) mass is 321 g/mol. The molecule has 0 aliphatic carbocycles. The Morgan fingerprint density at radius 2 is 1.22 bits per heavy atom. The summed E-state index contributed by atoms with van der Waals surface area (Å²) < 4.78 is 34.5. The molecule has 0 unspecified atom stereocenters. The zero-order chi connectivity index (χ0) is 13.0. The first kappa shape index (κ1) is 20.7. The smallest absolute Gasteiger partial charge is 0.726 e. The van der Waals surface area contributed by atoms with E-state index in [9.17, 15) is 13.0 Å². The number of rotatable bonds is 12. The van der Waals surface area contributed by atoms with Crippen LogP contribution >= 0.6 is 0 Å². The minimum atomic E-state index is -4.48. The zero-order valence-corrected chi connectivity index (χ0v) is 13.1. The predicted octanol–water partition coefficient (Wildman–Crippen LogP) is 3.38. The van der Waals surface area contributed by atoms with Crippen LogP contribution in [-0.2, 0) is 31.7 Å². The number of hydrogen-bond donors (Lipinski definition) is 0. The molecule has 0 bridgehead atoms. The summed E-state index contributed by atoms with van der Waals surface area (Å²) in [5.41, 5.74) is 0. The molecule has 0 rings (SSSR count). The van der Waals surface area contributed by atoms with Crippen molar-refractivity contribution in [2.45, 2.75) is 71.1 Å². The van der Waals surface area contributed by atoms with Gasteiger partial charge in [0.25, 0.3) is 0 Å². The summed E-state index contributed by atoms with van der Waals surface area (Å²) >= 11 is 0. The van der Waals surface area contributed by atoms with Crippen LogP contribution < -0.4 is 0 Å². The minimum absolute atomic E-state index is 0. The van der Waals surface area contributed by atoms with Crippen molar-refractivity contribution in [2.24, 2.45) is 0 Å². The Morgan fingerprint density at radius 1 is 0.833 bits per heavy atom. The summed E-state index contributed by atoms with van der Waals surface area (Å²) in [6.45, 7) is 2.24. The van der Waals surface area contributed by atoms with Crippen LogP contribution in [0.25, 0.3) is 0 Å². The molecule has 0 saturated carbocycles. The quantitative estimate of drug-likeness (QED) is 0.239. The van der Waals surface area contributed by atoms with Gasteiger partial charge in [0.1, 0.15) is 0 Å². The number of hydrogen-bond acceptors (Lipinski definition) is 4. The fourth-order valence-electron chi connectivity index (χ4n) is 1.75. The SMILES string of the molecule is CCCCCCCCCCCCOS(=O)(=O)[O-].[Fe+2]. The first-order chi connectivity index (χ1) is 8.06. The molecule has 0 atom stereocenters. The van der Waals surface area contributed by atoms with Gasteiger partial charge in [-0.05, 0) is 6.42 Å². The van der Waals surface area contributed by atoms with E-state index in [0.29, 0.717) is 6.42 Å². The molecule has 6 heteroatoms. The van der Waals surface area contributed by atoms with Crippen LogP contribution in [0.2, 0.25) is 0 Å². The molecular formula is C12H25FeO4S+. The van der Waals surface area contributed by atoms with Crippen LogP contribution in [-0.4, -0.2) is 19.6 Å². The van der Waals surface area contributed by atoms with Gasteiger partial charge in [-0.15, -0.1) is 0 Å². The van der Waals surface area contributed by atoms with E-state index in [1.807, 2.05) is 0 Å². The van der Waals surface area contributed by atoms with Gasteiger partial charge < -0.3 is 4.55 Å². The largest absolute Gasteiger partial charge is 2.00 e. The van der Waals surface area contributed by atoms with E-state index >= 15 is 0 Å². The van der Waals surface area contributed by atoms with Crippen LogP contribution in [0.15, 0.2) is 0 Å². The van der Waals surface area contributed by atoms with Gasteiger partial charge in [0.15, 0.2) is 0 Å². The van der Waals surface area contributed by atoms with Gasteiger partial charge in [0.05, 0.1) is 6.61 Å². The van der Waals surface area contributed by atoms with Gasteiger partial charge in [0.2, 0.25) is 10.4 Å². The summed E-state index contributed by atoms with van der Waals surface area (Å²) in [6, 6.07) is 0. The fraction of sp³-hybridized carbons (Fsp3) is 1.00. The second-order valence-electron chi connectivity index (χ2n) is 4.41. The Hall–Kier alpha value is 0.389. The summed E-state index contributed by atoms with van der Waals surface area (Å²) in [6.07, 6.45) is 11.7. The van der Waals surface area contributed by atoms with Crippen molar-refractivity contribution in [3.63, 3.8) is 0 Å². The van der Waals surface area contributed by atoms with Crippen molar-refractivity contribution >= 4 is 10.4 Å². The third kappa shape index (κ3) is 18.7. The molecule has 0 aliphatic rings. The Labute approximate surface area is 122 Å². The van der Waals surface area contributed by atoms with E-state index in [0.717, 1.165) is 12.8 Å². The molecule has 0 amide bonds. The molecule has 4 nitrogen and oxygen atoms in total. The molecule has 0 aromatic rings. The van der Waals surface area contributed by atoms with Crippen LogP contribution in [0.1, 0.15) is 71.1 Å². The normalized spacial score (nSPS) is 11.2. The van der Waals surface area contributed by atoms with Crippen molar-refractivity contribution in [1.29, 1.82) is 0 Å². The minimum Gasteiger partial charge on any atom is -0.726 e. The van der Waals surface area contributed by atoms with Crippen LogP contribution in [0.4, 0.5) is 0 Å². The predicted molar refractivity (Wildman–Crippen MR) is 67.5 cm³/mol. The molecule has 0 heterocycles. The van der Waals surface area contributed by atoms with Crippen molar-refractivity contribution < 1.29 is 34.2 Å². The summed E-state index contributed by atoms with van der Waals surface area (Å²) in [4.78, 5) is 0.